The topological polar surface area (TPSA) is 106 Å². The molecule has 1 spiro atoms. The Balaban J connectivity index is 1.28. The van der Waals surface area contributed by atoms with Crippen molar-refractivity contribution in [1.29, 1.82) is 0 Å². The first kappa shape index (κ1) is 28.7. The number of aryl methyl sites for hydroxylation is 1. The highest BCUT2D eigenvalue weighted by Gasteiger charge is 2.68. The predicted molar refractivity (Wildman–Crippen MR) is 157 cm³/mol. The molecule has 3 aromatic rings. The van der Waals surface area contributed by atoms with Gasteiger partial charge >= 0.3 is 12.7 Å². The smallest absolute Gasteiger partial charge is 0.421 e. The molecule has 2 aliphatic heterocycles. The monoisotopic (exact) mass is 589 g/mol. The Kier molecular flexibility index (Phi) is 6.74. The second kappa shape index (κ2) is 10.1. The molecule has 0 bridgehead atoms. The van der Waals surface area contributed by atoms with Crippen LogP contribution < -0.4 is 15.0 Å². The molecule has 1 aliphatic carbocycles. The highest BCUT2D eigenvalue weighted by molar-refractivity contribution is 6.23. The number of fused-ring (bicyclic) bond motifs is 3. The lowest BCUT2D eigenvalue weighted by molar-refractivity contribution is -0.120. The summed E-state index contributed by atoms with van der Waals surface area (Å²) in [6, 6.07) is 11.6. The standard InChI is InChI=1S/C32H33F2N5O4/c1-16(2)25-36-15-24(42-29(33)34)27(37-25)38-26-20-9-8-18(12-19(20)14-35-26)22-13-32(22)21-11-17(3)7-10-23(21)39(28(32)40)30(41)43-31(4,5)6/h7-12,15-16,22,29H,13-14H2,1-6H3,(H,35,36,37,38)/t22-,32-/m0/s1. The van der Waals surface area contributed by atoms with Crippen LogP contribution in [0.5, 0.6) is 5.75 Å². The van der Waals surface area contributed by atoms with Crippen LogP contribution in [0.1, 0.15) is 86.5 Å². The molecule has 224 valence electrons. The molecule has 43 heavy (non-hydrogen) atoms. The highest BCUT2D eigenvalue weighted by Crippen LogP contribution is 2.66. The maximum atomic E-state index is 14.0. The summed E-state index contributed by atoms with van der Waals surface area (Å²) in [5.74, 6) is 0.477. The van der Waals surface area contributed by atoms with Crippen molar-refractivity contribution in [2.45, 2.75) is 84.0 Å². The number of hydrogen-bond acceptors (Lipinski definition) is 8. The van der Waals surface area contributed by atoms with E-state index in [-0.39, 0.29) is 29.3 Å². The lowest BCUT2D eigenvalue weighted by Crippen LogP contribution is -2.41. The van der Waals surface area contributed by atoms with Gasteiger partial charge in [-0.15, -0.1) is 0 Å². The average molecular weight is 590 g/mol. The van der Waals surface area contributed by atoms with E-state index in [0.29, 0.717) is 30.3 Å². The van der Waals surface area contributed by atoms with Gasteiger partial charge in [0.25, 0.3) is 0 Å². The maximum Gasteiger partial charge on any atom is 0.421 e. The molecule has 9 nitrogen and oxygen atoms in total. The number of hydrogen-bond donors (Lipinski definition) is 1. The summed E-state index contributed by atoms with van der Waals surface area (Å²) in [5.41, 5.74) is 3.50. The number of amidine groups is 1. The van der Waals surface area contributed by atoms with E-state index < -0.39 is 23.7 Å². The van der Waals surface area contributed by atoms with Crippen LogP contribution in [0.3, 0.4) is 0 Å². The van der Waals surface area contributed by atoms with E-state index in [2.05, 4.69) is 25.0 Å². The SMILES string of the molecule is Cc1ccc2c(c1)[C@]1(C[C@H]1c1ccc3c(c1)CN=C3Nc1nc(C(C)C)ncc1OC(F)F)C(=O)N2C(=O)OC(C)(C)C. The normalized spacial score (nSPS) is 20.4. The Hall–Kier alpha value is -4.41. The van der Waals surface area contributed by atoms with E-state index in [4.69, 9.17) is 4.74 Å². The number of ether oxygens (including phenoxy) is 2. The number of anilines is 2. The summed E-state index contributed by atoms with van der Waals surface area (Å²) in [5, 5.41) is 3.07. The van der Waals surface area contributed by atoms with Crippen LogP contribution in [-0.4, -0.2) is 40.0 Å². The van der Waals surface area contributed by atoms with Gasteiger partial charge in [-0.3, -0.25) is 9.79 Å². The quantitative estimate of drug-likeness (QED) is 0.358. The van der Waals surface area contributed by atoms with Crippen molar-refractivity contribution in [3.05, 3.63) is 76.2 Å². The molecule has 0 radical (unpaired) electrons. The molecule has 3 heterocycles. The maximum absolute atomic E-state index is 14.0. The van der Waals surface area contributed by atoms with Crippen molar-refractivity contribution in [1.82, 2.24) is 9.97 Å². The number of aliphatic imine (C=N–C) groups is 1. The zero-order valence-electron chi connectivity index (χ0n) is 24.9. The fourth-order valence-corrected chi connectivity index (χ4v) is 5.91. The summed E-state index contributed by atoms with van der Waals surface area (Å²) < 4.78 is 36.4. The molecule has 3 aliphatic rings. The fourth-order valence-electron chi connectivity index (χ4n) is 5.91. The van der Waals surface area contributed by atoms with Crippen LogP contribution in [0.4, 0.5) is 25.1 Å². The molecule has 1 N–H and O–H groups in total. The number of nitrogens with zero attached hydrogens (tertiary/aromatic N) is 4. The van der Waals surface area contributed by atoms with E-state index in [1.807, 2.05) is 57.2 Å². The van der Waals surface area contributed by atoms with Gasteiger partial charge in [-0.1, -0.05) is 49.7 Å². The minimum absolute atomic E-state index is 0.0224. The molecule has 1 saturated carbocycles. The van der Waals surface area contributed by atoms with Crippen molar-refractivity contribution in [3.8, 4) is 5.75 Å². The summed E-state index contributed by atoms with van der Waals surface area (Å²) in [4.78, 5) is 41.4. The number of carbonyl (C=O) groups is 2. The zero-order chi connectivity index (χ0) is 30.8. The average Bonchev–Trinajstić information content (AvgIpc) is 3.49. The summed E-state index contributed by atoms with van der Waals surface area (Å²) in [7, 11) is 0. The van der Waals surface area contributed by atoms with E-state index >= 15 is 0 Å². The van der Waals surface area contributed by atoms with Gasteiger partial charge in [0.2, 0.25) is 5.91 Å². The zero-order valence-corrected chi connectivity index (χ0v) is 24.9. The Morgan fingerprint density at radius 2 is 1.93 bits per heavy atom. The first-order valence-corrected chi connectivity index (χ1v) is 14.2. The second-order valence-electron chi connectivity index (χ2n) is 12.6. The van der Waals surface area contributed by atoms with Crippen molar-refractivity contribution >= 4 is 29.3 Å². The summed E-state index contributed by atoms with van der Waals surface area (Å²) >= 11 is 0. The van der Waals surface area contributed by atoms with E-state index in [0.717, 1.165) is 27.8 Å². The second-order valence-corrected chi connectivity index (χ2v) is 12.6. The molecule has 2 atom stereocenters. The fraction of sp³-hybridized carbons (Fsp3) is 0.406. The molecule has 0 saturated heterocycles. The van der Waals surface area contributed by atoms with E-state index in [1.54, 1.807) is 20.8 Å². The van der Waals surface area contributed by atoms with Gasteiger partial charge in [-0.25, -0.2) is 19.7 Å². The third-order valence-electron chi connectivity index (χ3n) is 7.93. The number of carbonyl (C=O) groups excluding carboxylic acids is 2. The molecule has 2 aromatic carbocycles. The minimum atomic E-state index is -3.03. The number of amides is 2. The third kappa shape index (κ3) is 5.00. The molecule has 2 amide bonds. The Morgan fingerprint density at radius 1 is 1.16 bits per heavy atom. The Labute approximate surface area is 248 Å². The lowest BCUT2D eigenvalue weighted by Gasteiger charge is -2.24. The molecular weight excluding hydrogens is 556 g/mol. The molecule has 1 fully saturated rings. The van der Waals surface area contributed by atoms with Gasteiger partial charge in [0.05, 0.1) is 23.8 Å². The van der Waals surface area contributed by atoms with Gasteiger partial charge in [0, 0.05) is 17.4 Å². The van der Waals surface area contributed by atoms with Crippen LogP contribution >= 0.6 is 0 Å². The van der Waals surface area contributed by atoms with Crippen LogP contribution in [0.25, 0.3) is 0 Å². The third-order valence-corrected chi connectivity index (χ3v) is 7.93. The number of nitrogens with one attached hydrogen (secondary N) is 1. The van der Waals surface area contributed by atoms with Crippen LogP contribution in [0, 0.1) is 6.92 Å². The molecule has 11 heteroatoms. The van der Waals surface area contributed by atoms with Crippen LogP contribution in [0.2, 0.25) is 0 Å². The van der Waals surface area contributed by atoms with Gasteiger partial charge in [-0.05, 0) is 56.9 Å². The number of rotatable bonds is 5. The number of aromatic nitrogens is 2. The van der Waals surface area contributed by atoms with Gasteiger partial charge in [0.15, 0.2) is 11.6 Å². The number of imide groups is 1. The van der Waals surface area contributed by atoms with E-state index in [1.165, 1.54) is 11.1 Å². The highest BCUT2D eigenvalue weighted by atomic mass is 19.3. The van der Waals surface area contributed by atoms with Crippen molar-refractivity contribution < 1.29 is 27.8 Å². The largest absolute Gasteiger partial charge is 0.443 e. The van der Waals surface area contributed by atoms with Gasteiger partial charge < -0.3 is 14.8 Å². The van der Waals surface area contributed by atoms with Gasteiger partial charge in [-0.2, -0.15) is 8.78 Å². The Bertz CT molecular complexity index is 1680. The number of alkyl halides is 2. The van der Waals surface area contributed by atoms with E-state index in [9.17, 15) is 18.4 Å². The Morgan fingerprint density at radius 3 is 2.63 bits per heavy atom. The summed E-state index contributed by atoms with van der Waals surface area (Å²) in [6.45, 7) is 8.43. The first-order valence-electron chi connectivity index (χ1n) is 14.2. The lowest BCUT2D eigenvalue weighted by atomic mass is 9.90. The molecule has 6 rings (SSSR count). The number of halogens is 2. The summed E-state index contributed by atoms with van der Waals surface area (Å²) in [6.07, 6.45) is 1.13. The number of benzene rings is 2. The van der Waals surface area contributed by atoms with Crippen molar-refractivity contribution in [3.63, 3.8) is 0 Å². The first-order chi connectivity index (χ1) is 20.3. The van der Waals surface area contributed by atoms with Crippen molar-refractivity contribution in [2.24, 2.45) is 4.99 Å². The predicted octanol–water partition coefficient (Wildman–Crippen LogP) is 6.59. The molecular formula is C32H33F2N5O4. The molecule has 0 unspecified atom stereocenters. The molecule has 1 aromatic heterocycles. The van der Waals surface area contributed by atoms with Crippen LogP contribution in [-0.2, 0) is 21.5 Å². The van der Waals surface area contributed by atoms with Crippen LogP contribution in [0.15, 0.2) is 47.6 Å². The van der Waals surface area contributed by atoms with Gasteiger partial charge in [0.1, 0.15) is 17.3 Å². The van der Waals surface area contributed by atoms with Crippen molar-refractivity contribution in [2.75, 3.05) is 10.2 Å². The minimum Gasteiger partial charge on any atom is -0.443 e.